The smallest absolute Gasteiger partial charge is 0.337 e. The summed E-state index contributed by atoms with van der Waals surface area (Å²) < 4.78 is 2.52. The Balaban J connectivity index is 1.83. The number of rotatable bonds is 5. The molecule has 0 aliphatic rings. The van der Waals surface area contributed by atoms with Gasteiger partial charge in [0, 0.05) is 28.2 Å². The summed E-state index contributed by atoms with van der Waals surface area (Å²) in [5, 5.41) is 23.2. The van der Waals surface area contributed by atoms with Crippen molar-refractivity contribution in [1.82, 2.24) is 9.99 Å². The van der Waals surface area contributed by atoms with Gasteiger partial charge in [0.2, 0.25) is 0 Å². The predicted molar refractivity (Wildman–Crippen MR) is 123 cm³/mol. The number of carbonyl (C=O) groups is 2. The van der Waals surface area contributed by atoms with Crippen molar-refractivity contribution in [2.24, 2.45) is 5.10 Å². The second-order valence-electron chi connectivity index (χ2n) is 6.50. The highest BCUT2D eigenvalue weighted by Crippen LogP contribution is 2.25. The molecule has 3 rings (SSSR count). The van der Waals surface area contributed by atoms with Crippen molar-refractivity contribution in [2.75, 3.05) is 0 Å². The molecule has 154 valence electrons. The summed E-state index contributed by atoms with van der Waals surface area (Å²) in [5.74, 6) is -1.52. The molecule has 0 aliphatic carbocycles. The van der Waals surface area contributed by atoms with Gasteiger partial charge in [-0.2, -0.15) is 5.10 Å². The fraction of sp³-hybridized carbons (Fsp3) is 0.0952. The van der Waals surface area contributed by atoms with Crippen molar-refractivity contribution in [2.45, 2.75) is 13.8 Å². The Labute approximate surface area is 191 Å². The zero-order valence-electron chi connectivity index (χ0n) is 16.0. The van der Waals surface area contributed by atoms with E-state index in [1.807, 2.05) is 47.1 Å². The number of aromatic carboxylic acids is 1. The van der Waals surface area contributed by atoms with Crippen LogP contribution in [0.25, 0.3) is 5.69 Å². The molecule has 0 saturated heterocycles. The minimum atomic E-state index is -1.10. The second kappa shape index (κ2) is 8.88. The van der Waals surface area contributed by atoms with E-state index in [1.165, 1.54) is 18.3 Å². The Morgan fingerprint density at radius 3 is 2.57 bits per heavy atom. The van der Waals surface area contributed by atoms with E-state index in [-0.39, 0.29) is 21.9 Å². The third-order valence-corrected chi connectivity index (χ3v) is 5.73. The molecular weight excluding hydrogens is 521 g/mol. The summed E-state index contributed by atoms with van der Waals surface area (Å²) in [6.45, 7) is 3.74. The standard InChI is InChI=1S/C21H17ClIN3O4/c1-11-7-14(10-24-25-20(28)13-3-6-18(23)19(27)8-13)12(2)26(11)15-4-5-17(22)16(9-15)21(29)30/h3-10,27H,1-2H3,(H,25,28)(H,29,30)/b24-10-. The molecule has 0 atom stereocenters. The lowest BCUT2D eigenvalue weighted by molar-refractivity contribution is 0.0696. The van der Waals surface area contributed by atoms with E-state index < -0.39 is 11.9 Å². The number of halogens is 2. The molecule has 0 aliphatic heterocycles. The second-order valence-corrected chi connectivity index (χ2v) is 8.07. The van der Waals surface area contributed by atoms with Crippen LogP contribution in [0.15, 0.2) is 47.6 Å². The van der Waals surface area contributed by atoms with Crippen LogP contribution >= 0.6 is 34.2 Å². The molecule has 1 heterocycles. The van der Waals surface area contributed by atoms with Gasteiger partial charge in [0.25, 0.3) is 5.91 Å². The molecule has 0 fully saturated rings. The third-order valence-electron chi connectivity index (χ3n) is 4.49. The maximum Gasteiger partial charge on any atom is 0.337 e. The fourth-order valence-corrected chi connectivity index (χ4v) is 3.54. The molecule has 1 aromatic heterocycles. The molecule has 0 saturated carbocycles. The normalized spacial score (nSPS) is 11.1. The van der Waals surface area contributed by atoms with E-state index in [9.17, 15) is 19.8 Å². The predicted octanol–water partition coefficient (Wildman–Crippen LogP) is 4.52. The molecular formula is C21H17ClIN3O4. The van der Waals surface area contributed by atoms with Gasteiger partial charge < -0.3 is 14.8 Å². The number of phenols is 1. The van der Waals surface area contributed by atoms with Gasteiger partial charge in [-0.25, -0.2) is 10.2 Å². The van der Waals surface area contributed by atoms with E-state index in [0.29, 0.717) is 9.26 Å². The fourth-order valence-electron chi connectivity index (χ4n) is 3.01. The lowest BCUT2D eigenvalue weighted by atomic mass is 10.2. The largest absolute Gasteiger partial charge is 0.507 e. The van der Waals surface area contributed by atoms with Crippen molar-refractivity contribution in [3.8, 4) is 11.4 Å². The van der Waals surface area contributed by atoms with Crippen LogP contribution in [-0.4, -0.2) is 32.9 Å². The monoisotopic (exact) mass is 537 g/mol. The van der Waals surface area contributed by atoms with Crippen molar-refractivity contribution < 1.29 is 19.8 Å². The molecule has 3 N–H and O–H groups in total. The number of aryl methyl sites for hydroxylation is 1. The average molecular weight is 538 g/mol. The summed E-state index contributed by atoms with van der Waals surface area (Å²) in [6.07, 6.45) is 1.51. The van der Waals surface area contributed by atoms with E-state index in [2.05, 4.69) is 10.5 Å². The quantitative estimate of drug-likeness (QED) is 0.253. The Morgan fingerprint density at radius 1 is 1.17 bits per heavy atom. The number of hydrogen-bond donors (Lipinski definition) is 3. The maximum absolute atomic E-state index is 12.2. The molecule has 0 unspecified atom stereocenters. The number of carboxylic acids is 1. The van der Waals surface area contributed by atoms with Gasteiger partial charge in [-0.3, -0.25) is 4.79 Å². The number of aromatic hydroxyl groups is 1. The average Bonchev–Trinajstić information content (AvgIpc) is 2.97. The van der Waals surface area contributed by atoms with Gasteiger partial charge >= 0.3 is 5.97 Å². The van der Waals surface area contributed by atoms with Gasteiger partial charge in [-0.05, 0) is 78.9 Å². The number of aromatic nitrogens is 1. The van der Waals surface area contributed by atoms with Gasteiger partial charge in [0.1, 0.15) is 5.75 Å². The Bertz CT molecular complexity index is 1190. The molecule has 1 amide bonds. The first-order chi connectivity index (χ1) is 14.2. The van der Waals surface area contributed by atoms with Crippen molar-refractivity contribution in [3.63, 3.8) is 0 Å². The number of hydrazone groups is 1. The van der Waals surface area contributed by atoms with E-state index in [1.54, 1.807) is 24.3 Å². The molecule has 0 radical (unpaired) electrons. The lowest BCUT2D eigenvalue weighted by Crippen LogP contribution is -2.17. The van der Waals surface area contributed by atoms with Crippen molar-refractivity contribution in [3.05, 3.63) is 79.1 Å². The third kappa shape index (κ3) is 4.49. The van der Waals surface area contributed by atoms with E-state index in [4.69, 9.17) is 11.6 Å². The number of amides is 1. The first kappa shape index (κ1) is 21.8. The van der Waals surface area contributed by atoms with Crippen LogP contribution in [-0.2, 0) is 0 Å². The maximum atomic E-state index is 12.2. The minimum absolute atomic E-state index is 0.0184. The zero-order chi connectivity index (χ0) is 22.0. The SMILES string of the molecule is Cc1cc(/C=N\NC(=O)c2ccc(I)c(O)c2)c(C)n1-c1ccc(Cl)c(C(=O)O)c1. The number of hydrogen-bond acceptors (Lipinski definition) is 4. The number of benzene rings is 2. The number of phenolic OH excluding ortho intramolecular Hbond substituents is 1. The van der Waals surface area contributed by atoms with Crippen LogP contribution in [0, 0.1) is 17.4 Å². The molecule has 30 heavy (non-hydrogen) atoms. The highest BCUT2D eigenvalue weighted by Gasteiger charge is 2.14. The van der Waals surface area contributed by atoms with Crippen molar-refractivity contribution >= 4 is 52.3 Å². The van der Waals surface area contributed by atoms with Crippen LogP contribution in [0.3, 0.4) is 0 Å². The summed E-state index contributed by atoms with van der Waals surface area (Å²) >= 11 is 7.93. The van der Waals surface area contributed by atoms with Crippen LogP contribution < -0.4 is 5.43 Å². The summed E-state index contributed by atoms with van der Waals surface area (Å²) in [6, 6.07) is 11.3. The van der Waals surface area contributed by atoms with Crippen molar-refractivity contribution in [1.29, 1.82) is 0 Å². The molecule has 9 heteroatoms. The van der Waals surface area contributed by atoms with E-state index >= 15 is 0 Å². The highest BCUT2D eigenvalue weighted by atomic mass is 127. The number of nitrogens with zero attached hydrogens (tertiary/aromatic N) is 2. The number of nitrogens with one attached hydrogen (secondary N) is 1. The summed E-state index contributed by atoms with van der Waals surface area (Å²) in [4.78, 5) is 23.6. The first-order valence-electron chi connectivity index (χ1n) is 8.73. The van der Waals surface area contributed by atoms with Gasteiger partial charge in [-0.15, -0.1) is 0 Å². The lowest BCUT2D eigenvalue weighted by Gasteiger charge is -2.11. The molecule has 2 aromatic carbocycles. The zero-order valence-corrected chi connectivity index (χ0v) is 18.9. The Morgan fingerprint density at radius 2 is 1.90 bits per heavy atom. The Hall–Kier alpha value is -2.85. The van der Waals surface area contributed by atoms with Gasteiger partial charge in [0.15, 0.2) is 0 Å². The minimum Gasteiger partial charge on any atom is -0.507 e. The number of carboxylic acid groups (broad SMARTS) is 1. The molecule has 0 spiro atoms. The highest BCUT2D eigenvalue weighted by molar-refractivity contribution is 14.1. The van der Waals surface area contributed by atoms with Crippen LogP contribution in [0.1, 0.15) is 37.7 Å². The van der Waals surface area contributed by atoms with E-state index in [0.717, 1.165) is 17.0 Å². The Kier molecular flexibility index (Phi) is 6.47. The first-order valence-corrected chi connectivity index (χ1v) is 10.2. The van der Waals surface area contributed by atoms with Crippen LogP contribution in [0.5, 0.6) is 5.75 Å². The molecule has 0 bridgehead atoms. The summed E-state index contributed by atoms with van der Waals surface area (Å²) in [5.41, 5.74) is 5.83. The molecule has 7 nitrogen and oxygen atoms in total. The van der Waals surface area contributed by atoms with Gasteiger partial charge in [0.05, 0.1) is 20.4 Å². The number of carbonyl (C=O) groups excluding carboxylic acids is 1. The summed E-state index contributed by atoms with van der Waals surface area (Å²) in [7, 11) is 0. The van der Waals surface area contributed by atoms with Crippen LogP contribution in [0.4, 0.5) is 0 Å². The molecule has 3 aromatic rings. The topological polar surface area (TPSA) is 104 Å². The van der Waals surface area contributed by atoms with Gasteiger partial charge in [-0.1, -0.05) is 11.6 Å². The van der Waals surface area contributed by atoms with Crippen LogP contribution in [0.2, 0.25) is 5.02 Å².